The molecule has 0 bridgehead atoms. The smallest absolute Gasteiger partial charge is 0.255 e. The molecule has 152 valence electrons. The summed E-state index contributed by atoms with van der Waals surface area (Å²) in [6.45, 7) is 3.14. The van der Waals surface area contributed by atoms with Crippen LogP contribution < -0.4 is 0 Å². The molecule has 0 saturated carbocycles. The molecule has 2 aliphatic rings. The molecule has 3 aromatic rings. The highest BCUT2D eigenvalue weighted by Gasteiger charge is 2.42. The molecule has 5 nitrogen and oxygen atoms in total. The Labute approximate surface area is 174 Å². The summed E-state index contributed by atoms with van der Waals surface area (Å²) in [6.07, 6.45) is 1.91. The van der Waals surface area contributed by atoms with E-state index in [0.717, 1.165) is 30.3 Å². The minimum Gasteiger partial charge on any atom is -0.336 e. The van der Waals surface area contributed by atoms with Crippen molar-refractivity contribution in [2.45, 2.75) is 31.8 Å². The van der Waals surface area contributed by atoms with Crippen LogP contribution in [-0.4, -0.2) is 51.8 Å². The number of carbonyl (C=O) groups is 2. The number of aromatic nitrogens is 1. The van der Waals surface area contributed by atoms with Crippen LogP contribution in [0.2, 0.25) is 0 Å². The Kier molecular flexibility index (Phi) is 4.50. The number of halogens is 1. The summed E-state index contributed by atoms with van der Waals surface area (Å²) in [6, 6.07) is 14.9. The molecular formula is C24H22FN3O2. The molecule has 2 atom stereocenters. The lowest BCUT2D eigenvalue weighted by atomic mass is 10.0. The minimum absolute atomic E-state index is 0.0224. The first-order valence-corrected chi connectivity index (χ1v) is 10.3. The van der Waals surface area contributed by atoms with Crippen molar-refractivity contribution >= 4 is 22.7 Å². The van der Waals surface area contributed by atoms with Gasteiger partial charge in [0.05, 0.1) is 16.8 Å². The zero-order valence-electron chi connectivity index (χ0n) is 16.7. The monoisotopic (exact) mass is 403 g/mol. The normalized spacial score (nSPS) is 21.2. The third kappa shape index (κ3) is 3.03. The van der Waals surface area contributed by atoms with Gasteiger partial charge in [-0.2, -0.15) is 0 Å². The number of piperazine rings is 1. The number of rotatable bonds is 2. The molecule has 6 heteroatoms. The van der Waals surface area contributed by atoms with Crippen LogP contribution in [0.1, 0.15) is 30.1 Å². The van der Waals surface area contributed by atoms with Crippen molar-refractivity contribution in [2.24, 2.45) is 0 Å². The molecule has 2 aliphatic heterocycles. The number of fused-ring (bicyclic) bond motifs is 2. The van der Waals surface area contributed by atoms with E-state index < -0.39 is 6.04 Å². The summed E-state index contributed by atoms with van der Waals surface area (Å²) in [7, 11) is 0. The summed E-state index contributed by atoms with van der Waals surface area (Å²) in [5.74, 6) is -0.462. The van der Waals surface area contributed by atoms with Crippen LogP contribution in [0.15, 0.2) is 54.6 Å². The number of hydrogen-bond acceptors (Lipinski definition) is 3. The molecule has 3 heterocycles. The SMILES string of the molecule is C[C@H]1C(=O)N2CCC[C@@H]2CN1C(=O)c1cc(-c2ccc(F)cc2)nc2ccccc12. The lowest BCUT2D eigenvalue weighted by molar-refractivity contribution is -0.141. The van der Waals surface area contributed by atoms with E-state index in [0.29, 0.717) is 23.3 Å². The first-order chi connectivity index (χ1) is 14.5. The van der Waals surface area contributed by atoms with Gasteiger partial charge in [0.2, 0.25) is 5.91 Å². The predicted molar refractivity (Wildman–Crippen MR) is 112 cm³/mol. The number of amides is 2. The molecule has 0 N–H and O–H groups in total. The van der Waals surface area contributed by atoms with Gasteiger partial charge in [0.1, 0.15) is 11.9 Å². The van der Waals surface area contributed by atoms with Crippen molar-refractivity contribution in [3.8, 4) is 11.3 Å². The Morgan fingerprint density at radius 3 is 2.70 bits per heavy atom. The molecule has 0 radical (unpaired) electrons. The summed E-state index contributed by atoms with van der Waals surface area (Å²) in [4.78, 5) is 34.8. The second-order valence-corrected chi connectivity index (χ2v) is 8.04. The number of benzene rings is 2. The van der Waals surface area contributed by atoms with Crippen molar-refractivity contribution in [3.63, 3.8) is 0 Å². The number of para-hydroxylation sites is 1. The Morgan fingerprint density at radius 2 is 1.90 bits per heavy atom. The van der Waals surface area contributed by atoms with Crippen LogP contribution in [0, 0.1) is 5.82 Å². The molecule has 2 fully saturated rings. The zero-order valence-corrected chi connectivity index (χ0v) is 16.7. The summed E-state index contributed by atoms with van der Waals surface area (Å²) in [5, 5.41) is 0.752. The highest BCUT2D eigenvalue weighted by Crippen LogP contribution is 2.30. The van der Waals surface area contributed by atoms with Crippen LogP contribution in [0.4, 0.5) is 4.39 Å². The number of hydrogen-bond donors (Lipinski definition) is 0. The second-order valence-electron chi connectivity index (χ2n) is 8.04. The van der Waals surface area contributed by atoms with Gasteiger partial charge >= 0.3 is 0 Å². The lowest BCUT2D eigenvalue weighted by Crippen LogP contribution is -2.60. The molecule has 0 aliphatic carbocycles. The molecule has 30 heavy (non-hydrogen) atoms. The van der Waals surface area contributed by atoms with Gasteiger partial charge in [-0.15, -0.1) is 0 Å². The Balaban J connectivity index is 1.59. The van der Waals surface area contributed by atoms with Gasteiger partial charge in [-0.05, 0) is 56.2 Å². The van der Waals surface area contributed by atoms with Gasteiger partial charge in [-0.25, -0.2) is 9.37 Å². The van der Waals surface area contributed by atoms with Crippen molar-refractivity contribution in [2.75, 3.05) is 13.1 Å². The summed E-state index contributed by atoms with van der Waals surface area (Å²) < 4.78 is 13.4. The van der Waals surface area contributed by atoms with Crippen molar-refractivity contribution in [1.82, 2.24) is 14.8 Å². The highest BCUT2D eigenvalue weighted by molar-refractivity contribution is 6.08. The zero-order chi connectivity index (χ0) is 20.8. The molecular weight excluding hydrogens is 381 g/mol. The maximum absolute atomic E-state index is 13.7. The third-order valence-electron chi connectivity index (χ3n) is 6.24. The van der Waals surface area contributed by atoms with Crippen LogP contribution in [0.3, 0.4) is 0 Å². The first-order valence-electron chi connectivity index (χ1n) is 10.3. The lowest BCUT2D eigenvalue weighted by Gasteiger charge is -2.41. The van der Waals surface area contributed by atoms with E-state index in [1.165, 1.54) is 12.1 Å². The van der Waals surface area contributed by atoms with Gasteiger partial charge in [-0.1, -0.05) is 18.2 Å². The van der Waals surface area contributed by atoms with Gasteiger partial charge in [-0.3, -0.25) is 9.59 Å². The van der Waals surface area contributed by atoms with Crippen molar-refractivity contribution < 1.29 is 14.0 Å². The van der Waals surface area contributed by atoms with E-state index in [1.807, 2.05) is 29.2 Å². The molecule has 5 rings (SSSR count). The van der Waals surface area contributed by atoms with E-state index in [4.69, 9.17) is 0 Å². The molecule has 2 saturated heterocycles. The first kappa shape index (κ1) is 18.7. The highest BCUT2D eigenvalue weighted by atomic mass is 19.1. The molecule has 1 aromatic heterocycles. The average molecular weight is 403 g/mol. The van der Waals surface area contributed by atoms with Crippen LogP contribution in [0.25, 0.3) is 22.2 Å². The maximum atomic E-state index is 13.7. The van der Waals surface area contributed by atoms with Crippen molar-refractivity contribution in [3.05, 3.63) is 66.0 Å². The Bertz CT molecular complexity index is 1140. The van der Waals surface area contributed by atoms with E-state index in [2.05, 4.69) is 4.98 Å². The van der Waals surface area contributed by atoms with E-state index in [1.54, 1.807) is 30.0 Å². The van der Waals surface area contributed by atoms with E-state index in [-0.39, 0.29) is 23.7 Å². The minimum atomic E-state index is -0.493. The number of carbonyl (C=O) groups excluding carboxylic acids is 2. The Hall–Kier alpha value is -3.28. The third-order valence-corrected chi connectivity index (χ3v) is 6.24. The molecule has 2 amide bonds. The molecule has 2 aromatic carbocycles. The summed E-state index contributed by atoms with van der Waals surface area (Å²) in [5.41, 5.74) is 2.56. The fourth-order valence-electron chi connectivity index (χ4n) is 4.61. The van der Waals surface area contributed by atoms with Crippen LogP contribution in [-0.2, 0) is 4.79 Å². The van der Waals surface area contributed by atoms with E-state index in [9.17, 15) is 14.0 Å². The van der Waals surface area contributed by atoms with Crippen LogP contribution in [0.5, 0.6) is 0 Å². The second kappa shape index (κ2) is 7.20. The Morgan fingerprint density at radius 1 is 1.13 bits per heavy atom. The quantitative estimate of drug-likeness (QED) is 0.653. The van der Waals surface area contributed by atoms with Crippen LogP contribution >= 0.6 is 0 Å². The topological polar surface area (TPSA) is 53.5 Å². The molecule has 0 spiro atoms. The van der Waals surface area contributed by atoms with E-state index >= 15 is 0 Å². The van der Waals surface area contributed by atoms with Gasteiger partial charge in [0, 0.05) is 30.1 Å². The fraction of sp³-hybridized carbons (Fsp3) is 0.292. The number of nitrogens with zero attached hydrogens (tertiary/aromatic N) is 3. The van der Waals surface area contributed by atoms with Gasteiger partial charge in [0.25, 0.3) is 5.91 Å². The van der Waals surface area contributed by atoms with Gasteiger partial charge in [0.15, 0.2) is 0 Å². The molecule has 0 unspecified atom stereocenters. The fourth-order valence-corrected chi connectivity index (χ4v) is 4.61. The maximum Gasteiger partial charge on any atom is 0.255 e. The predicted octanol–water partition coefficient (Wildman–Crippen LogP) is 3.88. The number of pyridine rings is 1. The summed E-state index contributed by atoms with van der Waals surface area (Å²) >= 11 is 0. The average Bonchev–Trinajstić information content (AvgIpc) is 3.24. The van der Waals surface area contributed by atoms with Gasteiger partial charge < -0.3 is 9.80 Å². The van der Waals surface area contributed by atoms with Crippen molar-refractivity contribution in [1.29, 1.82) is 0 Å². The largest absolute Gasteiger partial charge is 0.336 e. The standard InChI is InChI=1S/C24H22FN3O2/c1-15-23(29)27-12-4-5-18(27)14-28(15)24(30)20-13-22(16-8-10-17(25)11-9-16)26-21-7-3-2-6-19(20)21/h2-3,6-11,13,15,18H,4-5,12,14H2,1H3/t15-,18+/m0/s1.